The molecule has 0 amide bonds. The maximum Gasteiger partial charge on any atom is 0.333 e. The summed E-state index contributed by atoms with van der Waals surface area (Å²) in [5.41, 5.74) is 4.18. The molecule has 0 saturated heterocycles. The molecule has 2 heterocycles. The first-order valence-corrected chi connectivity index (χ1v) is 10.8. The summed E-state index contributed by atoms with van der Waals surface area (Å²) in [4.78, 5) is 13.1. The van der Waals surface area contributed by atoms with Crippen molar-refractivity contribution in [3.63, 3.8) is 0 Å². The molecule has 1 aliphatic carbocycles. The lowest BCUT2D eigenvalue weighted by Crippen LogP contribution is -2.37. The first-order valence-electron chi connectivity index (χ1n) is 10.4. The third kappa shape index (κ3) is 4.13. The molecule has 1 N–H and O–H groups in total. The number of carbonyl (C=O) groups excluding carboxylic acids is 1. The van der Waals surface area contributed by atoms with Crippen LogP contribution in [0.1, 0.15) is 47.1 Å². The first-order chi connectivity index (χ1) is 15.1. The number of fused-ring (bicyclic) bond motifs is 1. The monoisotopic (exact) mass is 435 g/mol. The van der Waals surface area contributed by atoms with Gasteiger partial charge in [0.1, 0.15) is 11.8 Å². The third-order valence-corrected chi connectivity index (χ3v) is 5.90. The number of hydrogen-bond acceptors (Lipinski definition) is 6. The molecule has 2 aromatic carbocycles. The van der Waals surface area contributed by atoms with Crippen molar-refractivity contribution >= 4 is 17.6 Å². The average Bonchev–Trinajstić information content (AvgIpc) is 3.61. The van der Waals surface area contributed by atoms with E-state index in [2.05, 4.69) is 21.6 Å². The Balaban J connectivity index is 1.44. The number of hydrogen-bond donors (Lipinski definition) is 1. The largest absolute Gasteiger partial charge is 0.434 e. The van der Waals surface area contributed by atoms with E-state index in [1.54, 1.807) is 0 Å². The van der Waals surface area contributed by atoms with E-state index < -0.39 is 12.0 Å². The van der Waals surface area contributed by atoms with Crippen molar-refractivity contribution in [1.29, 1.82) is 0 Å². The highest BCUT2D eigenvalue weighted by Gasteiger charge is 2.30. The molecule has 1 fully saturated rings. The van der Waals surface area contributed by atoms with Gasteiger partial charge in [0, 0.05) is 12.6 Å². The van der Waals surface area contributed by atoms with E-state index in [0.717, 1.165) is 47.3 Å². The number of esters is 1. The van der Waals surface area contributed by atoms with Crippen LogP contribution in [0.5, 0.6) is 17.4 Å². The van der Waals surface area contributed by atoms with Crippen molar-refractivity contribution in [3.8, 4) is 17.4 Å². The lowest BCUT2D eigenvalue weighted by atomic mass is 9.94. The predicted molar refractivity (Wildman–Crippen MR) is 117 cm³/mol. The molecule has 31 heavy (non-hydrogen) atoms. The number of nitrogens with one attached hydrogen (secondary N) is 1. The maximum atomic E-state index is 13.1. The fraction of sp³-hybridized carbons (Fsp3) is 0.292. The first kappa shape index (κ1) is 20.0. The number of aromatic nitrogens is 2. The SMILES string of the molecule is Cc1cccc(C2CC2)c1Oc1nnc(Cl)cc1OC(=O)C1NCCc2ccccc21. The molecule has 1 saturated carbocycles. The zero-order chi connectivity index (χ0) is 21.4. The highest BCUT2D eigenvalue weighted by atomic mass is 35.5. The van der Waals surface area contributed by atoms with Crippen LogP contribution >= 0.6 is 11.6 Å². The predicted octanol–water partition coefficient (Wildman–Crippen LogP) is 4.90. The molecular weight excluding hydrogens is 414 g/mol. The Morgan fingerprint density at radius 1 is 1.10 bits per heavy atom. The van der Waals surface area contributed by atoms with Crippen LogP contribution in [0, 0.1) is 6.92 Å². The summed E-state index contributed by atoms with van der Waals surface area (Å²) in [5.74, 6) is 1.07. The summed E-state index contributed by atoms with van der Waals surface area (Å²) in [6.45, 7) is 2.68. The van der Waals surface area contributed by atoms with E-state index in [4.69, 9.17) is 21.1 Å². The number of benzene rings is 2. The Hall–Kier alpha value is -2.96. The zero-order valence-corrected chi connectivity index (χ0v) is 17.9. The third-order valence-electron chi connectivity index (χ3n) is 5.71. The van der Waals surface area contributed by atoms with Gasteiger partial charge in [-0.3, -0.25) is 0 Å². The van der Waals surface area contributed by atoms with Gasteiger partial charge in [-0.2, -0.15) is 0 Å². The van der Waals surface area contributed by atoms with Gasteiger partial charge in [-0.05, 0) is 54.4 Å². The highest BCUT2D eigenvalue weighted by molar-refractivity contribution is 6.29. The molecule has 2 aliphatic rings. The number of halogens is 1. The molecule has 6 nitrogen and oxygen atoms in total. The molecule has 0 radical (unpaired) electrons. The summed E-state index contributed by atoms with van der Waals surface area (Å²) in [7, 11) is 0. The fourth-order valence-electron chi connectivity index (χ4n) is 3.99. The highest BCUT2D eigenvalue weighted by Crippen LogP contribution is 2.47. The van der Waals surface area contributed by atoms with Crippen molar-refractivity contribution in [2.45, 2.75) is 38.1 Å². The molecule has 1 unspecified atom stereocenters. The van der Waals surface area contributed by atoms with Crippen molar-refractivity contribution in [1.82, 2.24) is 15.5 Å². The quantitative estimate of drug-likeness (QED) is 0.574. The van der Waals surface area contributed by atoms with Gasteiger partial charge in [0.15, 0.2) is 10.9 Å². The Kier molecular flexibility index (Phi) is 5.34. The van der Waals surface area contributed by atoms with E-state index in [9.17, 15) is 4.79 Å². The van der Waals surface area contributed by atoms with Crippen molar-refractivity contribution in [2.75, 3.05) is 6.54 Å². The smallest absolute Gasteiger partial charge is 0.333 e. The fourth-order valence-corrected chi connectivity index (χ4v) is 4.13. The normalized spacial score (nSPS) is 17.7. The van der Waals surface area contributed by atoms with Crippen molar-refractivity contribution < 1.29 is 14.3 Å². The van der Waals surface area contributed by atoms with Crippen LogP contribution in [0.15, 0.2) is 48.5 Å². The van der Waals surface area contributed by atoms with E-state index in [0.29, 0.717) is 12.5 Å². The summed E-state index contributed by atoms with van der Waals surface area (Å²) < 4.78 is 11.9. The van der Waals surface area contributed by atoms with Gasteiger partial charge in [0.25, 0.3) is 5.88 Å². The summed E-state index contributed by atoms with van der Waals surface area (Å²) >= 11 is 6.06. The van der Waals surface area contributed by atoms with Gasteiger partial charge in [-0.15, -0.1) is 10.2 Å². The van der Waals surface area contributed by atoms with Crippen LogP contribution in [-0.2, 0) is 11.2 Å². The molecule has 7 heteroatoms. The van der Waals surface area contributed by atoms with E-state index in [-0.39, 0.29) is 16.8 Å². The van der Waals surface area contributed by atoms with E-state index in [1.807, 2.05) is 43.3 Å². The number of nitrogens with zero attached hydrogens (tertiary/aromatic N) is 2. The number of para-hydroxylation sites is 1. The van der Waals surface area contributed by atoms with Gasteiger partial charge < -0.3 is 14.8 Å². The number of aryl methyl sites for hydroxylation is 1. The number of carbonyl (C=O) groups is 1. The molecule has 0 bridgehead atoms. The van der Waals surface area contributed by atoms with Crippen LogP contribution in [0.2, 0.25) is 5.15 Å². The topological polar surface area (TPSA) is 73.3 Å². The standard InChI is InChI=1S/C24H22ClN3O3/c1-14-5-4-8-18(16-9-10-16)22(14)31-23-19(13-20(25)27-28-23)30-24(29)21-17-7-3-2-6-15(17)11-12-26-21/h2-8,13,16,21,26H,9-12H2,1H3. The second kappa shape index (κ2) is 8.29. The summed E-state index contributed by atoms with van der Waals surface area (Å²) in [5, 5.41) is 11.3. The minimum Gasteiger partial charge on any atom is -0.434 e. The summed E-state index contributed by atoms with van der Waals surface area (Å²) in [6.07, 6.45) is 3.15. The number of rotatable bonds is 5. The van der Waals surface area contributed by atoms with Crippen LogP contribution in [0.3, 0.4) is 0 Å². The van der Waals surface area contributed by atoms with Crippen LogP contribution in [0.25, 0.3) is 0 Å². The molecule has 158 valence electrons. The minimum atomic E-state index is -0.565. The maximum absolute atomic E-state index is 13.1. The van der Waals surface area contributed by atoms with Gasteiger partial charge in [0.05, 0.1) is 0 Å². The van der Waals surface area contributed by atoms with Crippen molar-refractivity contribution in [3.05, 3.63) is 75.9 Å². The Labute approximate surface area is 185 Å². The molecule has 0 spiro atoms. The minimum absolute atomic E-state index is 0.123. The Morgan fingerprint density at radius 3 is 2.74 bits per heavy atom. The molecule has 3 aromatic rings. The molecule has 1 aromatic heterocycles. The second-order valence-corrected chi connectivity index (χ2v) is 8.35. The van der Waals surface area contributed by atoms with E-state index in [1.165, 1.54) is 6.07 Å². The summed E-state index contributed by atoms with van der Waals surface area (Å²) in [6, 6.07) is 14.9. The zero-order valence-electron chi connectivity index (χ0n) is 17.1. The second-order valence-electron chi connectivity index (χ2n) is 7.96. The lowest BCUT2D eigenvalue weighted by molar-refractivity contribution is -0.137. The molecule has 5 rings (SSSR count). The van der Waals surface area contributed by atoms with Gasteiger partial charge >= 0.3 is 5.97 Å². The lowest BCUT2D eigenvalue weighted by Gasteiger charge is -2.25. The van der Waals surface area contributed by atoms with Crippen LogP contribution in [0.4, 0.5) is 0 Å². The molecule has 1 atom stereocenters. The van der Waals surface area contributed by atoms with Gasteiger partial charge in [-0.25, -0.2) is 4.79 Å². The molecule has 1 aliphatic heterocycles. The number of ether oxygens (including phenoxy) is 2. The Morgan fingerprint density at radius 2 is 1.90 bits per heavy atom. The van der Waals surface area contributed by atoms with E-state index >= 15 is 0 Å². The van der Waals surface area contributed by atoms with Gasteiger partial charge in [-0.1, -0.05) is 54.1 Å². The Bertz CT molecular complexity index is 1150. The average molecular weight is 436 g/mol. The molecular formula is C24H22ClN3O3. The van der Waals surface area contributed by atoms with Crippen molar-refractivity contribution in [2.24, 2.45) is 0 Å². The van der Waals surface area contributed by atoms with Crippen LogP contribution in [-0.4, -0.2) is 22.7 Å². The van der Waals surface area contributed by atoms with Gasteiger partial charge in [0.2, 0.25) is 0 Å². The van der Waals surface area contributed by atoms with Crippen LogP contribution < -0.4 is 14.8 Å².